The summed E-state index contributed by atoms with van der Waals surface area (Å²) in [5, 5.41) is 0.167. The first-order valence-electron chi connectivity index (χ1n) is 5.47. The van der Waals surface area contributed by atoms with Crippen molar-refractivity contribution in [3.63, 3.8) is 0 Å². The summed E-state index contributed by atoms with van der Waals surface area (Å²) in [6.45, 7) is 6.47. The van der Waals surface area contributed by atoms with E-state index in [0.29, 0.717) is 0 Å². The van der Waals surface area contributed by atoms with Crippen LogP contribution in [0, 0.1) is 11.2 Å². The zero-order valence-electron chi connectivity index (χ0n) is 10.1. The summed E-state index contributed by atoms with van der Waals surface area (Å²) in [7, 11) is 0. The van der Waals surface area contributed by atoms with Gasteiger partial charge in [-0.15, -0.1) is 0 Å². The number of rotatable bonds is 3. The molecule has 0 heterocycles. The second-order valence-electron chi connectivity index (χ2n) is 5.48. The van der Waals surface area contributed by atoms with Crippen LogP contribution >= 0.6 is 11.6 Å². The second kappa shape index (κ2) is 5.15. The average molecular weight is 244 g/mol. The maximum Gasteiger partial charge on any atom is 0.141 e. The first-order valence-corrected chi connectivity index (χ1v) is 5.85. The molecule has 0 saturated heterocycles. The molecule has 0 spiro atoms. The maximum absolute atomic E-state index is 12.9. The van der Waals surface area contributed by atoms with Crippen LogP contribution in [0.15, 0.2) is 18.2 Å². The summed E-state index contributed by atoms with van der Waals surface area (Å²) in [6, 6.07) is 4.87. The zero-order valence-corrected chi connectivity index (χ0v) is 10.8. The van der Waals surface area contributed by atoms with Gasteiger partial charge in [0.25, 0.3) is 0 Å². The van der Waals surface area contributed by atoms with E-state index in [9.17, 15) is 4.39 Å². The van der Waals surface area contributed by atoms with Gasteiger partial charge in [-0.05, 0) is 36.0 Å². The van der Waals surface area contributed by atoms with Crippen LogP contribution in [0.4, 0.5) is 4.39 Å². The van der Waals surface area contributed by atoms with E-state index < -0.39 is 0 Å². The van der Waals surface area contributed by atoms with Crippen molar-refractivity contribution in [3.05, 3.63) is 34.6 Å². The van der Waals surface area contributed by atoms with E-state index in [1.165, 1.54) is 6.07 Å². The van der Waals surface area contributed by atoms with Crippen molar-refractivity contribution in [2.75, 3.05) is 0 Å². The molecule has 1 nitrogen and oxygen atoms in total. The fraction of sp³-hybridized carbons (Fsp3) is 0.538. The Balaban J connectivity index is 2.63. The van der Waals surface area contributed by atoms with Gasteiger partial charge in [0.1, 0.15) is 5.82 Å². The number of halogens is 2. The van der Waals surface area contributed by atoms with E-state index in [0.717, 1.165) is 18.4 Å². The van der Waals surface area contributed by atoms with Gasteiger partial charge in [0.05, 0.1) is 5.02 Å². The molecule has 0 bridgehead atoms. The standard InChI is InChI=1S/C13H19ClFN/c1-13(2,3)8-10(16)6-9-4-5-12(15)11(14)7-9/h4-5,7,10H,6,8,16H2,1-3H3. The molecule has 3 heteroatoms. The van der Waals surface area contributed by atoms with Crippen molar-refractivity contribution in [2.45, 2.75) is 39.7 Å². The van der Waals surface area contributed by atoms with Gasteiger partial charge in [-0.2, -0.15) is 0 Å². The second-order valence-corrected chi connectivity index (χ2v) is 5.88. The Morgan fingerprint density at radius 2 is 2.00 bits per heavy atom. The summed E-state index contributed by atoms with van der Waals surface area (Å²) >= 11 is 5.71. The molecule has 1 atom stereocenters. The Kier molecular flexibility index (Phi) is 4.34. The van der Waals surface area contributed by atoms with Gasteiger partial charge < -0.3 is 5.73 Å². The van der Waals surface area contributed by atoms with E-state index >= 15 is 0 Å². The Labute approximate surface area is 102 Å². The SMILES string of the molecule is CC(C)(C)CC(N)Cc1ccc(F)c(Cl)c1. The highest BCUT2D eigenvalue weighted by molar-refractivity contribution is 6.30. The molecule has 90 valence electrons. The summed E-state index contributed by atoms with van der Waals surface area (Å²) in [6.07, 6.45) is 1.67. The van der Waals surface area contributed by atoms with E-state index in [2.05, 4.69) is 20.8 Å². The fourth-order valence-corrected chi connectivity index (χ4v) is 2.03. The van der Waals surface area contributed by atoms with Gasteiger partial charge in [0, 0.05) is 6.04 Å². The smallest absolute Gasteiger partial charge is 0.141 e. The third-order valence-electron chi connectivity index (χ3n) is 2.36. The number of nitrogens with two attached hydrogens (primary N) is 1. The van der Waals surface area contributed by atoms with Crippen molar-refractivity contribution < 1.29 is 4.39 Å². The van der Waals surface area contributed by atoms with Gasteiger partial charge in [-0.25, -0.2) is 4.39 Å². The lowest BCUT2D eigenvalue weighted by Crippen LogP contribution is -2.28. The van der Waals surface area contributed by atoms with Crippen LogP contribution in [0.3, 0.4) is 0 Å². The van der Waals surface area contributed by atoms with Crippen LogP contribution in [-0.2, 0) is 6.42 Å². The number of benzene rings is 1. The van der Waals surface area contributed by atoms with E-state index in [-0.39, 0.29) is 22.3 Å². The van der Waals surface area contributed by atoms with E-state index in [4.69, 9.17) is 17.3 Å². The van der Waals surface area contributed by atoms with E-state index in [1.807, 2.05) is 0 Å². The van der Waals surface area contributed by atoms with Crippen LogP contribution in [0.2, 0.25) is 5.02 Å². The first kappa shape index (κ1) is 13.5. The number of hydrogen-bond donors (Lipinski definition) is 1. The van der Waals surface area contributed by atoms with Crippen molar-refractivity contribution in [1.82, 2.24) is 0 Å². The Bertz CT molecular complexity index is 357. The fourth-order valence-electron chi connectivity index (χ4n) is 1.83. The van der Waals surface area contributed by atoms with Crippen LogP contribution < -0.4 is 5.73 Å². The minimum atomic E-state index is -0.380. The molecule has 0 radical (unpaired) electrons. The van der Waals surface area contributed by atoms with Gasteiger partial charge in [-0.3, -0.25) is 0 Å². The molecule has 0 aliphatic rings. The zero-order chi connectivity index (χ0) is 12.3. The van der Waals surface area contributed by atoms with Crippen molar-refractivity contribution in [1.29, 1.82) is 0 Å². The predicted octanol–water partition coefficient (Wildman–Crippen LogP) is 3.79. The molecule has 1 aromatic rings. The van der Waals surface area contributed by atoms with Crippen LogP contribution in [0.1, 0.15) is 32.8 Å². The van der Waals surface area contributed by atoms with Crippen molar-refractivity contribution >= 4 is 11.6 Å². The van der Waals surface area contributed by atoms with Crippen LogP contribution in [0.25, 0.3) is 0 Å². The first-order chi connectivity index (χ1) is 7.28. The minimum absolute atomic E-state index is 0.0847. The quantitative estimate of drug-likeness (QED) is 0.859. The Hall–Kier alpha value is -0.600. The van der Waals surface area contributed by atoms with Gasteiger partial charge in [0.2, 0.25) is 0 Å². The molecule has 1 rings (SSSR count). The van der Waals surface area contributed by atoms with Gasteiger partial charge >= 0.3 is 0 Å². The average Bonchev–Trinajstić information content (AvgIpc) is 2.08. The van der Waals surface area contributed by atoms with Crippen LogP contribution in [0.5, 0.6) is 0 Å². The molecular weight excluding hydrogens is 225 g/mol. The highest BCUT2D eigenvalue weighted by Crippen LogP contribution is 2.23. The molecule has 1 aromatic carbocycles. The highest BCUT2D eigenvalue weighted by atomic mass is 35.5. The normalized spacial score (nSPS) is 13.9. The lowest BCUT2D eigenvalue weighted by Gasteiger charge is -2.23. The molecule has 0 fully saturated rings. The van der Waals surface area contributed by atoms with Crippen molar-refractivity contribution in [2.24, 2.45) is 11.1 Å². The minimum Gasteiger partial charge on any atom is -0.327 e. The maximum atomic E-state index is 12.9. The molecule has 0 aromatic heterocycles. The molecule has 0 aliphatic carbocycles. The molecule has 1 unspecified atom stereocenters. The summed E-state index contributed by atoms with van der Waals surface area (Å²) in [5.41, 5.74) is 7.24. The lowest BCUT2D eigenvalue weighted by molar-refractivity contribution is 0.338. The topological polar surface area (TPSA) is 26.0 Å². The summed E-state index contributed by atoms with van der Waals surface area (Å²) in [5.74, 6) is -0.380. The molecular formula is C13H19ClFN. The third kappa shape index (κ3) is 4.50. The molecule has 0 amide bonds. The Morgan fingerprint density at radius 1 is 1.38 bits per heavy atom. The molecule has 0 saturated carbocycles. The van der Waals surface area contributed by atoms with E-state index in [1.54, 1.807) is 12.1 Å². The monoisotopic (exact) mass is 243 g/mol. The van der Waals surface area contributed by atoms with Crippen LogP contribution in [-0.4, -0.2) is 6.04 Å². The summed E-state index contributed by atoms with van der Waals surface area (Å²) < 4.78 is 12.9. The highest BCUT2D eigenvalue weighted by Gasteiger charge is 2.16. The van der Waals surface area contributed by atoms with Gasteiger partial charge in [-0.1, -0.05) is 38.4 Å². The Morgan fingerprint density at radius 3 is 2.50 bits per heavy atom. The lowest BCUT2D eigenvalue weighted by atomic mass is 9.86. The summed E-state index contributed by atoms with van der Waals surface area (Å²) in [4.78, 5) is 0. The molecule has 2 N–H and O–H groups in total. The van der Waals surface area contributed by atoms with Gasteiger partial charge in [0.15, 0.2) is 0 Å². The third-order valence-corrected chi connectivity index (χ3v) is 2.65. The van der Waals surface area contributed by atoms with Crippen molar-refractivity contribution in [3.8, 4) is 0 Å². The predicted molar refractivity (Wildman–Crippen MR) is 67.2 cm³/mol. The largest absolute Gasteiger partial charge is 0.327 e. The molecule has 16 heavy (non-hydrogen) atoms. The molecule has 0 aliphatic heterocycles. The number of hydrogen-bond acceptors (Lipinski definition) is 1.